The number of ether oxygens (including phenoxy) is 3. The SMILES string of the molecule is CC(C)(C)OC(=O)NCC1CCCCN1CC(=O)Nc1cc2c(cc1Cl)OCCO2. The summed E-state index contributed by atoms with van der Waals surface area (Å²) in [5.74, 6) is 0.977. The fourth-order valence-corrected chi connectivity index (χ4v) is 3.75. The van der Waals surface area contributed by atoms with Crippen molar-refractivity contribution in [3.05, 3.63) is 17.2 Å². The Balaban J connectivity index is 1.56. The third-order valence-electron chi connectivity index (χ3n) is 4.88. The van der Waals surface area contributed by atoms with Crippen molar-refractivity contribution in [2.24, 2.45) is 0 Å². The van der Waals surface area contributed by atoms with Crippen LogP contribution in [0.1, 0.15) is 40.0 Å². The Bertz CT molecular complexity index is 781. The molecule has 3 rings (SSSR count). The van der Waals surface area contributed by atoms with E-state index in [1.165, 1.54) is 0 Å². The van der Waals surface area contributed by atoms with Crippen LogP contribution in [0.3, 0.4) is 0 Å². The van der Waals surface area contributed by atoms with Crippen LogP contribution in [0.5, 0.6) is 11.5 Å². The van der Waals surface area contributed by atoms with E-state index < -0.39 is 11.7 Å². The molecule has 1 fully saturated rings. The second-order valence-corrected chi connectivity index (χ2v) is 8.93. The Morgan fingerprint density at radius 1 is 1.20 bits per heavy atom. The highest BCUT2D eigenvalue weighted by molar-refractivity contribution is 6.34. The number of nitrogens with zero attached hydrogens (tertiary/aromatic N) is 1. The molecule has 0 spiro atoms. The fraction of sp³-hybridized carbons (Fsp3) is 0.619. The van der Waals surface area contributed by atoms with E-state index in [1.807, 2.05) is 20.8 Å². The van der Waals surface area contributed by atoms with Gasteiger partial charge in [0.25, 0.3) is 0 Å². The van der Waals surface area contributed by atoms with E-state index in [4.69, 9.17) is 25.8 Å². The summed E-state index contributed by atoms with van der Waals surface area (Å²) >= 11 is 6.29. The molecule has 166 valence electrons. The summed E-state index contributed by atoms with van der Waals surface area (Å²) < 4.78 is 16.4. The summed E-state index contributed by atoms with van der Waals surface area (Å²) in [5, 5.41) is 6.08. The van der Waals surface area contributed by atoms with Crippen LogP contribution in [0.15, 0.2) is 12.1 Å². The minimum absolute atomic E-state index is 0.0766. The van der Waals surface area contributed by atoms with E-state index in [1.54, 1.807) is 12.1 Å². The number of amides is 2. The first-order valence-corrected chi connectivity index (χ1v) is 10.7. The smallest absolute Gasteiger partial charge is 0.407 e. The second-order valence-electron chi connectivity index (χ2n) is 8.53. The maximum Gasteiger partial charge on any atom is 0.407 e. The normalized spacial score (nSPS) is 19.1. The Morgan fingerprint density at radius 3 is 2.60 bits per heavy atom. The van der Waals surface area contributed by atoms with Gasteiger partial charge in [-0.2, -0.15) is 0 Å². The Hall–Kier alpha value is -2.19. The molecule has 9 heteroatoms. The molecule has 2 aliphatic rings. The van der Waals surface area contributed by atoms with Gasteiger partial charge in [0.05, 0.1) is 17.3 Å². The van der Waals surface area contributed by atoms with Crippen molar-refractivity contribution in [3.63, 3.8) is 0 Å². The number of rotatable bonds is 5. The lowest BCUT2D eigenvalue weighted by Crippen LogP contribution is -2.49. The maximum absolute atomic E-state index is 12.7. The Morgan fingerprint density at radius 2 is 1.90 bits per heavy atom. The topological polar surface area (TPSA) is 89.1 Å². The number of carbonyl (C=O) groups excluding carboxylic acids is 2. The molecule has 0 radical (unpaired) electrons. The summed E-state index contributed by atoms with van der Waals surface area (Å²) in [6.45, 7) is 7.86. The fourth-order valence-electron chi connectivity index (χ4n) is 3.55. The van der Waals surface area contributed by atoms with Crippen molar-refractivity contribution >= 4 is 29.3 Å². The Kier molecular flexibility index (Phi) is 7.31. The van der Waals surface area contributed by atoms with Gasteiger partial charge in [0.1, 0.15) is 18.8 Å². The van der Waals surface area contributed by atoms with Crippen molar-refractivity contribution in [3.8, 4) is 11.5 Å². The number of fused-ring (bicyclic) bond motifs is 1. The third-order valence-corrected chi connectivity index (χ3v) is 5.20. The van der Waals surface area contributed by atoms with Crippen LogP contribution in [-0.2, 0) is 9.53 Å². The van der Waals surface area contributed by atoms with Gasteiger partial charge in [0.15, 0.2) is 11.5 Å². The molecule has 2 amide bonds. The molecule has 2 aliphatic heterocycles. The van der Waals surface area contributed by atoms with Crippen LogP contribution >= 0.6 is 11.6 Å². The lowest BCUT2D eigenvalue weighted by molar-refractivity contribution is -0.118. The minimum Gasteiger partial charge on any atom is -0.486 e. The van der Waals surface area contributed by atoms with E-state index in [9.17, 15) is 9.59 Å². The number of carbonyl (C=O) groups is 2. The maximum atomic E-state index is 12.7. The van der Waals surface area contributed by atoms with Crippen molar-refractivity contribution in [2.45, 2.75) is 51.7 Å². The van der Waals surface area contributed by atoms with E-state index >= 15 is 0 Å². The molecule has 1 aromatic carbocycles. The van der Waals surface area contributed by atoms with Gasteiger partial charge in [-0.15, -0.1) is 0 Å². The number of halogens is 1. The lowest BCUT2D eigenvalue weighted by atomic mass is 10.0. The summed E-state index contributed by atoms with van der Waals surface area (Å²) in [5.41, 5.74) is -0.0505. The summed E-state index contributed by atoms with van der Waals surface area (Å²) in [6, 6.07) is 3.42. The molecular formula is C21H30ClN3O5. The molecule has 1 atom stereocenters. The molecule has 0 aliphatic carbocycles. The van der Waals surface area contributed by atoms with Crippen LogP contribution in [0.2, 0.25) is 5.02 Å². The molecule has 1 saturated heterocycles. The molecule has 2 heterocycles. The van der Waals surface area contributed by atoms with E-state index in [0.717, 1.165) is 25.8 Å². The second kappa shape index (κ2) is 9.75. The Labute approximate surface area is 182 Å². The molecule has 0 saturated carbocycles. The predicted molar refractivity (Wildman–Crippen MR) is 115 cm³/mol. The van der Waals surface area contributed by atoms with Crippen LogP contribution in [0.25, 0.3) is 0 Å². The standard InChI is InChI=1S/C21H30ClN3O5/c1-21(2,3)30-20(27)23-12-14-6-4-5-7-25(14)13-19(26)24-16-11-18-17(10-15(16)22)28-8-9-29-18/h10-11,14H,4-9,12-13H2,1-3H3,(H,23,27)(H,24,26). The van der Waals surface area contributed by atoms with E-state index in [0.29, 0.717) is 42.0 Å². The quantitative estimate of drug-likeness (QED) is 0.730. The number of likely N-dealkylation sites (tertiary alicyclic amines) is 1. The van der Waals surface area contributed by atoms with Crippen molar-refractivity contribution in [1.82, 2.24) is 10.2 Å². The zero-order chi connectivity index (χ0) is 21.7. The van der Waals surface area contributed by atoms with Gasteiger partial charge in [-0.1, -0.05) is 18.0 Å². The summed E-state index contributed by atoms with van der Waals surface area (Å²) in [4.78, 5) is 26.7. The zero-order valence-corrected chi connectivity index (χ0v) is 18.5. The number of hydrogen-bond donors (Lipinski definition) is 2. The van der Waals surface area contributed by atoms with Crippen LogP contribution < -0.4 is 20.1 Å². The average Bonchev–Trinajstić information content (AvgIpc) is 2.66. The first kappa shape index (κ1) is 22.5. The first-order chi connectivity index (χ1) is 14.2. The molecular weight excluding hydrogens is 410 g/mol. The van der Waals surface area contributed by atoms with Crippen molar-refractivity contribution in [1.29, 1.82) is 0 Å². The number of anilines is 1. The van der Waals surface area contributed by atoms with Crippen molar-refractivity contribution < 1.29 is 23.8 Å². The molecule has 0 bridgehead atoms. The first-order valence-electron chi connectivity index (χ1n) is 10.3. The van der Waals surface area contributed by atoms with Crippen LogP contribution in [0.4, 0.5) is 10.5 Å². The van der Waals surface area contributed by atoms with Gasteiger partial charge in [-0.3, -0.25) is 9.69 Å². The largest absolute Gasteiger partial charge is 0.486 e. The zero-order valence-electron chi connectivity index (χ0n) is 17.8. The number of piperidine rings is 1. The van der Waals surface area contributed by atoms with Gasteiger partial charge in [-0.05, 0) is 40.2 Å². The highest BCUT2D eigenvalue weighted by atomic mass is 35.5. The summed E-state index contributed by atoms with van der Waals surface area (Å²) in [6.07, 6.45) is 2.54. The monoisotopic (exact) mass is 439 g/mol. The van der Waals surface area contributed by atoms with Gasteiger partial charge in [-0.25, -0.2) is 4.79 Å². The highest BCUT2D eigenvalue weighted by Crippen LogP contribution is 2.38. The summed E-state index contributed by atoms with van der Waals surface area (Å²) in [7, 11) is 0. The third kappa shape index (κ3) is 6.40. The molecule has 8 nitrogen and oxygen atoms in total. The number of hydrogen-bond acceptors (Lipinski definition) is 6. The van der Waals surface area contributed by atoms with Gasteiger partial charge < -0.3 is 24.8 Å². The van der Waals surface area contributed by atoms with Gasteiger partial charge in [0, 0.05) is 24.7 Å². The van der Waals surface area contributed by atoms with E-state index in [2.05, 4.69) is 15.5 Å². The lowest BCUT2D eigenvalue weighted by Gasteiger charge is -2.35. The number of benzene rings is 1. The predicted octanol–water partition coefficient (Wildman–Crippen LogP) is 3.43. The molecule has 0 aromatic heterocycles. The molecule has 30 heavy (non-hydrogen) atoms. The number of nitrogens with one attached hydrogen (secondary N) is 2. The number of alkyl carbamates (subject to hydrolysis) is 1. The van der Waals surface area contributed by atoms with Gasteiger partial charge in [0.2, 0.25) is 5.91 Å². The van der Waals surface area contributed by atoms with Crippen LogP contribution in [0, 0.1) is 0 Å². The van der Waals surface area contributed by atoms with Gasteiger partial charge >= 0.3 is 6.09 Å². The molecule has 1 unspecified atom stereocenters. The highest BCUT2D eigenvalue weighted by Gasteiger charge is 2.26. The van der Waals surface area contributed by atoms with E-state index in [-0.39, 0.29) is 18.5 Å². The van der Waals surface area contributed by atoms with Crippen LogP contribution in [-0.4, -0.2) is 61.4 Å². The van der Waals surface area contributed by atoms with Crippen molar-refractivity contribution in [2.75, 3.05) is 38.2 Å². The molecule has 1 aromatic rings. The minimum atomic E-state index is -0.543. The average molecular weight is 440 g/mol. The molecule has 2 N–H and O–H groups in total.